The van der Waals surface area contributed by atoms with Gasteiger partial charge in [-0.3, -0.25) is 4.90 Å². The number of urea groups is 1. The first kappa shape index (κ1) is 21.9. The van der Waals surface area contributed by atoms with Gasteiger partial charge in [0.1, 0.15) is 12.4 Å². The Hall–Kier alpha value is -3.81. The number of carbonyl (C=O) groups excluding carboxylic acids is 3. The van der Waals surface area contributed by atoms with E-state index in [4.69, 9.17) is 14.2 Å². The summed E-state index contributed by atoms with van der Waals surface area (Å²) in [7, 11) is 3.06. The van der Waals surface area contributed by atoms with Crippen LogP contribution in [0.25, 0.3) is 0 Å². The molecule has 31 heavy (non-hydrogen) atoms. The number of nitrogens with zero attached hydrogens (tertiary/aromatic N) is 1. The van der Waals surface area contributed by atoms with E-state index in [2.05, 4.69) is 5.32 Å². The Morgan fingerprint density at radius 2 is 1.68 bits per heavy atom. The van der Waals surface area contributed by atoms with Gasteiger partial charge in [-0.05, 0) is 36.8 Å². The van der Waals surface area contributed by atoms with Crippen LogP contribution in [-0.4, -0.2) is 50.2 Å². The van der Waals surface area contributed by atoms with Gasteiger partial charge in [0.05, 0.1) is 36.6 Å². The summed E-state index contributed by atoms with van der Waals surface area (Å²) in [4.78, 5) is 39.1. The first-order valence-electron chi connectivity index (χ1n) is 9.76. The predicted molar refractivity (Wildman–Crippen MR) is 112 cm³/mol. The third-order valence-corrected chi connectivity index (χ3v) is 4.87. The lowest BCUT2D eigenvalue weighted by Gasteiger charge is -2.34. The van der Waals surface area contributed by atoms with E-state index >= 15 is 0 Å². The molecule has 0 radical (unpaired) electrons. The summed E-state index contributed by atoms with van der Waals surface area (Å²) in [6, 6.07) is 14.3. The highest BCUT2D eigenvalue weighted by Crippen LogP contribution is 2.32. The highest BCUT2D eigenvalue weighted by Gasteiger charge is 2.37. The van der Waals surface area contributed by atoms with Gasteiger partial charge in [-0.1, -0.05) is 30.3 Å². The zero-order valence-electron chi connectivity index (χ0n) is 17.6. The molecule has 1 N–H and O–H groups in total. The third kappa shape index (κ3) is 4.85. The second-order valence-electron chi connectivity index (χ2n) is 6.74. The Kier molecular flexibility index (Phi) is 6.92. The molecule has 0 fully saturated rings. The smallest absolute Gasteiger partial charge is 0.338 e. The van der Waals surface area contributed by atoms with Gasteiger partial charge in [0.15, 0.2) is 0 Å². The molecule has 2 aromatic carbocycles. The van der Waals surface area contributed by atoms with Crippen LogP contribution in [-0.2, 0) is 14.3 Å². The summed E-state index contributed by atoms with van der Waals surface area (Å²) in [5.74, 6) is -0.515. The molecule has 0 saturated heterocycles. The molecule has 0 bridgehead atoms. The maximum atomic E-state index is 12.9. The highest BCUT2D eigenvalue weighted by atomic mass is 16.5. The van der Waals surface area contributed by atoms with E-state index in [9.17, 15) is 14.4 Å². The number of hydrogen-bond donors (Lipinski definition) is 1. The average Bonchev–Trinajstić information content (AvgIpc) is 2.80. The number of esters is 2. The molecule has 162 valence electrons. The number of amides is 2. The van der Waals surface area contributed by atoms with Crippen LogP contribution in [0.4, 0.5) is 4.79 Å². The van der Waals surface area contributed by atoms with E-state index in [1.807, 2.05) is 0 Å². The molecule has 0 unspecified atom stereocenters. The van der Waals surface area contributed by atoms with Gasteiger partial charge >= 0.3 is 18.0 Å². The number of likely N-dealkylation sites (N-methyl/N-ethyl adjacent to an activating group) is 1. The number of nitrogens with one attached hydrogen (secondary N) is 1. The number of carbonyl (C=O) groups is 3. The molecule has 2 aromatic rings. The molecule has 1 heterocycles. The number of hydrogen-bond acceptors (Lipinski definition) is 6. The van der Waals surface area contributed by atoms with Crippen LogP contribution in [0.2, 0.25) is 0 Å². The van der Waals surface area contributed by atoms with E-state index in [-0.39, 0.29) is 24.5 Å². The fraction of sp³-hybridized carbons (Fsp3) is 0.261. The Balaban J connectivity index is 1.98. The summed E-state index contributed by atoms with van der Waals surface area (Å²) < 4.78 is 15.8. The standard InChI is InChI=1S/C23H24N2O6/c1-4-30-22(27)19-18(14-31-21(26)16-8-6-5-7-9-16)25(2)23(28)24-20(19)15-10-12-17(29-3)13-11-15/h5-13,20H,4,14H2,1-3H3,(H,24,28)/t20-/m1/s1. The highest BCUT2D eigenvalue weighted by molar-refractivity contribution is 5.95. The maximum Gasteiger partial charge on any atom is 0.338 e. The first-order valence-corrected chi connectivity index (χ1v) is 9.76. The second kappa shape index (κ2) is 9.80. The van der Waals surface area contributed by atoms with Crippen molar-refractivity contribution in [2.45, 2.75) is 13.0 Å². The second-order valence-corrected chi connectivity index (χ2v) is 6.74. The van der Waals surface area contributed by atoms with Crippen molar-refractivity contribution in [1.82, 2.24) is 10.2 Å². The van der Waals surface area contributed by atoms with Crippen molar-refractivity contribution < 1.29 is 28.6 Å². The Bertz CT molecular complexity index is 985. The molecule has 1 aliphatic heterocycles. The SMILES string of the molecule is CCOC(=O)C1=C(COC(=O)c2ccccc2)N(C)C(=O)N[C@@H]1c1ccc(OC)cc1. The summed E-state index contributed by atoms with van der Waals surface area (Å²) >= 11 is 0. The van der Waals surface area contributed by atoms with E-state index in [1.54, 1.807) is 68.6 Å². The quantitative estimate of drug-likeness (QED) is 0.687. The largest absolute Gasteiger partial charge is 0.497 e. The minimum Gasteiger partial charge on any atom is -0.497 e. The van der Waals surface area contributed by atoms with E-state index in [0.29, 0.717) is 16.9 Å². The van der Waals surface area contributed by atoms with Crippen LogP contribution in [0.1, 0.15) is 28.9 Å². The molecular formula is C23H24N2O6. The molecule has 1 aliphatic rings. The van der Waals surface area contributed by atoms with Crippen LogP contribution >= 0.6 is 0 Å². The molecule has 8 heteroatoms. The van der Waals surface area contributed by atoms with Crippen LogP contribution in [0.15, 0.2) is 65.9 Å². The topological polar surface area (TPSA) is 94.2 Å². The van der Waals surface area contributed by atoms with Crippen LogP contribution < -0.4 is 10.1 Å². The van der Waals surface area contributed by atoms with Crippen molar-refractivity contribution in [3.8, 4) is 5.75 Å². The lowest BCUT2D eigenvalue weighted by molar-refractivity contribution is -0.139. The molecule has 0 aromatic heterocycles. The monoisotopic (exact) mass is 424 g/mol. The predicted octanol–water partition coefficient (Wildman–Crippen LogP) is 3.07. The minimum absolute atomic E-state index is 0.159. The molecule has 8 nitrogen and oxygen atoms in total. The third-order valence-electron chi connectivity index (χ3n) is 4.87. The summed E-state index contributed by atoms with van der Waals surface area (Å²) in [6.45, 7) is 1.59. The molecule has 0 spiro atoms. The lowest BCUT2D eigenvalue weighted by Crippen LogP contribution is -2.48. The molecular weight excluding hydrogens is 400 g/mol. The Morgan fingerprint density at radius 1 is 1.00 bits per heavy atom. The number of ether oxygens (including phenoxy) is 3. The summed E-state index contributed by atoms with van der Waals surface area (Å²) in [5, 5.41) is 2.81. The van der Waals surface area contributed by atoms with Crippen molar-refractivity contribution in [2.24, 2.45) is 0 Å². The van der Waals surface area contributed by atoms with Crippen LogP contribution in [0.3, 0.4) is 0 Å². The van der Waals surface area contributed by atoms with Gasteiger partial charge in [-0.2, -0.15) is 0 Å². The molecule has 3 rings (SSSR count). The maximum absolute atomic E-state index is 12.9. The van der Waals surface area contributed by atoms with Gasteiger partial charge in [0, 0.05) is 7.05 Å². The Morgan fingerprint density at radius 3 is 2.29 bits per heavy atom. The molecule has 1 atom stereocenters. The summed E-state index contributed by atoms with van der Waals surface area (Å²) in [5.41, 5.74) is 1.50. The van der Waals surface area contributed by atoms with Gasteiger partial charge in [0.25, 0.3) is 0 Å². The van der Waals surface area contributed by atoms with E-state index in [0.717, 1.165) is 0 Å². The lowest BCUT2D eigenvalue weighted by atomic mass is 9.94. The average molecular weight is 424 g/mol. The van der Waals surface area contributed by atoms with Crippen molar-refractivity contribution in [2.75, 3.05) is 27.4 Å². The van der Waals surface area contributed by atoms with Gasteiger partial charge in [-0.25, -0.2) is 14.4 Å². The Labute approximate surface area is 180 Å². The van der Waals surface area contributed by atoms with Crippen LogP contribution in [0, 0.1) is 0 Å². The minimum atomic E-state index is -0.765. The fourth-order valence-corrected chi connectivity index (χ4v) is 3.22. The van der Waals surface area contributed by atoms with Crippen molar-refractivity contribution >= 4 is 18.0 Å². The number of rotatable bonds is 7. The molecule has 0 saturated carbocycles. The zero-order valence-corrected chi connectivity index (χ0v) is 17.6. The van der Waals surface area contributed by atoms with Crippen molar-refractivity contribution in [1.29, 1.82) is 0 Å². The van der Waals surface area contributed by atoms with E-state index < -0.39 is 24.0 Å². The molecule has 2 amide bonds. The summed E-state index contributed by atoms with van der Waals surface area (Å²) in [6.07, 6.45) is 0. The molecule has 0 aliphatic carbocycles. The number of methoxy groups -OCH3 is 1. The van der Waals surface area contributed by atoms with Gasteiger partial charge < -0.3 is 19.5 Å². The van der Waals surface area contributed by atoms with Crippen LogP contribution in [0.5, 0.6) is 5.75 Å². The fourth-order valence-electron chi connectivity index (χ4n) is 3.22. The normalized spacial score (nSPS) is 15.9. The van der Waals surface area contributed by atoms with Gasteiger partial charge in [-0.15, -0.1) is 0 Å². The number of benzene rings is 2. The van der Waals surface area contributed by atoms with Gasteiger partial charge in [0.2, 0.25) is 0 Å². The first-order chi connectivity index (χ1) is 15.0. The van der Waals surface area contributed by atoms with Crippen molar-refractivity contribution in [3.05, 3.63) is 77.0 Å². The zero-order chi connectivity index (χ0) is 22.4. The van der Waals surface area contributed by atoms with E-state index in [1.165, 1.54) is 11.9 Å². The van der Waals surface area contributed by atoms with Crippen molar-refractivity contribution in [3.63, 3.8) is 0 Å².